The molecular formula is C12H10BrIN2O. The van der Waals surface area contributed by atoms with Gasteiger partial charge in [-0.15, -0.1) is 0 Å². The summed E-state index contributed by atoms with van der Waals surface area (Å²) < 4.78 is 3.56. The van der Waals surface area contributed by atoms with Crippen molar-refractivity contribution in [2.75, 3.05) is 0 Å². The van der Waals surface area contributed by atoms with Crippen LogP contribution in [0.25, 0.3) is 0 Å². The van der Waals surface area contributed by atoms with E-state index >= 15 is 0 Å². The lowest BCUT2D eigenvalue weighted by atomic mass is 10.1. The number of aromatic nitrogens is 2. The average molecular weight is 405 g/mol. The van der Waals surface area contributed by atoms with Crippen molar-refractivity contribution < 1.29 is 4.79 Å². The highest BCUT2D eigenvalue weighted by atomic mass is 127. The Hall–Kier alpha value is -0.690. The Morgan fingerprint density at radius 2 is 2.24 bits per heavy atom. The van der Waals surface area contributed by atoms with Crippen molar-refractivity contribution in [1.29, 1.82) is 0 Å². The SMILES string of the molecule is CCn1nccc1C(=O)c1cc(Br)ccc1I. The second-order valence-corrected chi connectivity index (χ2v) is 5.56. The predicted octanol–water partition coefficient (Wildman–Crippen LogP) is 3.50. The molecule has 1 aromatic carbocycles. The van der Waals surface area contributed by atoms with Gasteiger partial charge < -0.3 is 0 Å². The molecular weight excluding hydrogens is 395 g/mol. The van der Waals surface area contributed by atoms with Crippen molar-refractivity contribution in [3.8, 4) is 0 Å². The molecule has 0 atom stereocenters. The maximum Gasteiger partial charge on any atom is 0.212 e. The third kappa shape index (κ3) is 2.60. The van der Waals surface area contributed by atoms with E-state index in [1.54, 1.807) is 16.9 Å². The molecule has 0 saturated heterocycles. The van der Waals surface area contributed by atoms with Crippen molar-refractivity contribution in [2.24, 2.45) is 0 Å². The second kappa shape index (κ2) is 5.30. The Morgan fingerprint density at radius 3 is 2.94 bits per heavy atom. The van der Waals surface area contributed by atoms with Crippen LogP contribution < -0.4 is 0 Å². The van der Waals surface area contributed by atoms with Gasteiger partial charge in [0.05, 0.1) is 0 Å². The summed E-state index contributed by atoms with van der Waals surface area (Å²) in [6.07, 6.45) is 1.65. The number of aryl methyl sites for hydroxylation is 1. The van der Waals surface area contributed by atoms with Crippen molar-refractivity contribution in [3.63, 3.8) is 0 Å². The van der Waals surface area contributed by atoms with E-state index in [4.69, 9.17) is 0 Å². The molecule has 1 heterocycles. The van der Waals surface area contributed by atoms with Gasteiger partial charge in [0.15, 0.2) is 0 Å². The van der Waals surface area contributed by atoms with Gasteiger partial charge in [0, 0.05) is 26.3 Å². The van der Waals surface area contributed by atoms with Crippen molar-refractivity contribution in [1.82, 2.24) is 9.78 Å². The molecule has 0 amide bonds. The third-order valence-corrected chi connectivity index (χ3v) is 3.86. The molecule has 1 aromatic heterocycles. The molecule has 0 saturated carbocycles. The fourth-order valence-electron chi connectivity index (χ4n) is 1.59. The van der Waals surface area contributed by atoms with Gasteiger partial charge in [0.2, 0.25) is 5.78 Å². The summed E-state index contributed by atoms with van der Waals surface area (Å²) in [4.78, 5) is 12.4. The van der Waals surface area contributed by atoms with E-state index in [2.05, 4.69) is 43.6 Å². The number of halogens is 2. The summed E-state index contributed by atoms with van der Waals surface area (Å²) in [5.74, 6) is 0.00931. The summed E-state index contributed by atoms with van der Waals surface area (Å²) in [6.45, 7) is 2.66. The molecule has 2 aromatic rings. The van der Waals surface area contributed by atoms with E-state index < -0.39 is 0 Å². The quantitative estimate of drug-likeness (QED) is 0.579. The molecule has 0 bridgehead atoms. The van der Waals surface area contributed by atoms with E-state index in [0.29, 0.717) is 17.8 Å². The van der Waals surface area contributed by atoms with E-state index in [1.165, 1.54) is 0 Å². The van der Waals surface area contributed by atoms with E-state index in [9.17, 15) is 4.79 Å². The molecule has 0 aliphatic carbocycles. The van der Waals surface area contributed by atoms with Crippen LogP contribution in [0.3, 0.4) is 0 Å². The van der Waals surface area contributed by atoms with E-state index in [1.807, 2.05) is 25.1 Å². The minimum absolute atomic E-state index is 0.00931. The van der Waals surface area contributed by atoms with Gasteiger partial charge in [-0.3, -0.25) is 9.48 Å². The summed E-state index contributed by atoms with van der Waals surface area (Å²) in [7, 11) is 0. The average Bonchev–Trinajstić information content (AvgIpc) is 2.79. The monoisotopic (exact) mass is 404 g/mol. The van der Waals surface area contributed by atoms with Crippen LogP contribution in [0.5, 0.6) is 0 Å². The lowest BCUT2D eigenvalue weighted by molar-refractivity contribution is 0.102. The van der Waals surface area contributed by atoms with Gasteiger partial charge in [-0.1, -0.05) is 15.9 Å². The molecule has 88 valence electrons. The van der Waals surface area contributed by atoms with Gasteiger partial charge in [-0.05, 0) is 53.8 Å². The summed E-state index contributed by atoms with van der Waals surface area (Å²) in [5, 5.41) is 4.12. The predicted molar refractivity (Wildman–Crippen MR) is 78.2 cm³/mol. The van der Waals surface area contributed by atoms with Crippen molar-refractivity contribution in [2.45, 2.75) is 13.5 Å². The molecule has 0 aliphatic heterocycles. The zero-order chi connectivity index (χ0) is 12.4. The van der Waals surface area contributed by atoms with Crippen LogP contribution in [0.4, 0.5) is 0 Å². The van der Waals surface area contributed by atoms with Gasteiger partial charge in [-0.25, -0.2) is 0 Å². The Balaban J connectivity index is 2.47. The minimum Gasteiger partial charge on any atom is -0.287 e. The lowest BCUT2D eigenvalue weighted by Crippen LogP contribution is -2.11. The third-order valence-electron chi connectivity index (χ3n) is 2.42. The Morgan fingerprint density at radius 1 is 1.47 bits per heavy atom. The topological polar surface area (TPSA) is 34.9 Å². The van der Waals surface area contributed by atoms with Crippen LogP contribution >= 0.6 is 38.5 Å². The van der Waals surface area contributed by atoms with Crippen LogP contribution in [-0.2, 0) is 6.54 Å². The summed E-state index contributed by atoms with van der Waals surface area (Å²) >= 11 is 5.56. The fourth-order valence-corrected chi connectivity index (χ4v) is 2.53. The zero-order valence-electron chi connectivity index (χ0n) is 9.15. The molecule has 0 aliphatic rings. The van der Waals surface area contributed by atoms with Gasteiger partial charge in [0.1, 0.15) is 5.69 Å². The molecule has 0 spiro atoms. The number of carbonyl (C=O) groups excluding carboxylic acids is 1. The molecule has 3 nitrogen and oxygen atoms in total. The van der Waals surface area contributed by atoms with Gasteiger partial charge >= 0.3 is 0 Å². The van der Waals surface area contributed by atoms with Gasteiger partial charge in [0.25, 0.3) is 0 Å². The van der Waals surface area contributed by atoms with Crippen LogP contribution in [-0.4, -0.2) is 15.6 Å². The van der Waals surface area contributed by atoms with Crippen LogP contribution in [0.15, 0.2) is 34.9 Å². The maximum atomic E-state index is 12.4. The minimum atomic E-state index is 0.00931. The normalized spacial score (nSPS) is 10.5. The van der Waals surface area contributed by atoms with Gasteiger partial charge in [-0.2, -0.15) is 5.10 Å². The number of hydrogen-bond acceptors (Lipinski definition) is 2. The number of ketones is 1. The molecule has 17 heavy (non-hydrogen) atoms. The number of rotatable bonds is 3. The largest absolute Gasteiger partial charge is 0.287 e. The van der Waals surface area contributed by atoms with E-state index in [0.717, 1.165) is 8.04 Å². The number of carbonyl (C=O) groups is 1. The van der Waals surface area contributed by atoms with Crippen molar-refractivity contribution in [3.05, 3.63) is 49.8 Å². The Labute approximate surface area is 121 Å². The van der Waals surface area contributed by atoms with E-state index in [-0.39, 0.29) is 5.78 Å². The summed E-state index contributed by atoms with van der Waals surface area (Å²) in [5.41, 5.74) is 1.33. The molecule has 5 heteroatoms. The molecule has 0 fully saturated rings. The highest BCUT2D eigenvalue weighted by Gasteiger charge is 2.16. The standard InChI is InChI=1S/C12H10BrIN2O/c1-2-16-11(5-6-15-16)12(17)9-7-8(13)3-4-10(9)14/h3-7H,2H2,1H3. The van der Waals surface area contributed by atoms with Crippen LogP contribution in [0.2, 0.25) is 0 Å². The molecule has 0 N–H and O–H groups in total. The first-order valence-corrected chi connectivity index (χ1v) is 7.02. The highest BCUT2D eigenvalue weighted by molar-refractivity contribution is 14.1. The van der Waals surface area contributed by atoms with Crippen molar-refractivity contribution >= 4 is 44.3 Å². The Bertz CT molecular complexity index is 565. The number of nitrogens with zero attached hydrogens (tertiary/aromatic N) is 2. The molecule has 0 radical (unpaired) electrons. The number of benzene rings is 1. The first kappa shape index (κ1) is 12.8. The smallest absolute Gasteiger partial charge is 0.212 e. The summed E-state index contributed by atoms with van der Waals surface area (Å²) in [6, 6.07) is 7.44. The first-order chi connectivity index (χ1) is 8.13. The second-order valence-electron chi connectivity index (χ2n) is 3.49. The number of hydrogen-bond donors (Lipinski definition) is 0. The first-order valence-electron chi connectivity index (χ1n) is 5.15. The molecule has 2 rings (SSSR count). The fraction of sp³-hybridized carbons (Fsp3) is 0.167. The maximum absolute atomic E-state index is 12.4. The van der Waals surface area contributed by atoms with Crippen LogP contribution in [0.1, 0.15) is 23.0 Å². The highest BCUT2D eigenvalue weighted by Crippen LogP contribution is 2.21. The lowest BCUT2D eigenvalue weighted by Gasteiger charge is -2.06. The molecule has 0 unspecified atom stereocenters. The Kier molecular flexibility index (Phi) is 3.98. The van der Waals surface area contributed by atoms with Crippen LogP contribution in [0, 0.1) is 3.57 Å². The zero-order valence-corrected chi connectivity index (χ0v) is 12.9.